The summed E-state index contributed by atoms with van der Waals surface area (Å²) in [6, 6.07) is 12.0. The molecule has 0 unspecified atom stereocenters. The lowest BCUT2D eigenvalue weighted by atomic mass is 10.2. The number of amides is 2. The Labute approximate surface area is 130 Å². The molecular formula is C14H11ClN4O3. The summed E-state index contributed by atoms with van der Waals surface area (Å²) >= 11 is 5.80. The average Bonchev–Trinajstić information content (AvgIpc) is 2.47. The van der Waals surface area contributed by atoms with Gasteiger partial charge in [-0.15, -0.1) is 0 Å². The molecule has 2 aromatic carbocycles. The van der Waals surface area contributed by atoms with Gasteiger partial charge in [-0.3, -0.25) is 10.1 Å². The summed E-state index contributed by atoms with van der Waals surface area (Å²) in [5.41, 5.74) is 3.23. The highest BCUT2D eigenvalue weighted by atomic mass is 35.5. The lowest BCUT2D eigenvalue weighted by molar-refractivity contribution is -0.384. The van der Waals surface area contributed by atoms with E-state index in [-0.39, 0.29) is 5.69 Å². The molecule has 8 heteroatoms. The maximum atomic E-state index is 11.6. The fourth-order valence-electron chi connectivity index (χ4n) is 1.61. The molecule has 0 aliphatic carbocycles. The number of carbonyl (C=O) groups excluding carboxylic acids is 1. The normalized spacial score (nSPS) is 10.4. The molecule has 0 radical (unpaired) electrons. The quantitative estimate of drug-likeness (QED) is 0.513. The van der Waals surface area contributed by atoms with Crippen molar-refractivity contribution in [1.82, 2.24) is 5.43 Å². The molecule has 0 aromatic heterocycles. The first kappa shape index (κ1) is 15.5. The van der Waals surface area contributed by atoms with Crippen molar-refractivity contribution in [1.29, 1.82) is 0 Å². The number of hydrogen-bond acceptors (Lipinski definition) is 4. The number of nitro benzene ring substituents is 1. The van der Waals surface area contributed by atoms with Gasteiger partial charge < -0.3 is 5.32 Å². The van der Waals surface area contributed by atoms with Crippen LogP contribution in [0.3, 0.4) is 0 Å². The average molecular weight is 319 g/mol. The minimum atomic E-state index is -0.552. The number of carbonyl (C=O) groups is 1. The molecule has 0 saturated heterocycles. The van der Waals surface area contributed by atoms with E-state index in [0.29, 0.717) is 16.3 Å². The van der Waals surface area contributed by atoms with E-state index < -0.39 is 11.0 Å². The van der Waals surface area contributed by atoms with E-state index in [1.165, 1.54) is 24.4 Å². The van der Waals surface area contributed by atoms with Crippen LogP contribution in [0.25, 0.3) is 0 Å². The summed E-state index contributed by atoms with van der Waals surface area (Å²) in [6.45, 7) is 0. The van der Waals surface area contributed by atoms with Gasteiger partial charge in [0.05, 0.1) is 11.1 Å². The fraction of sp³-hybridized carbons (Fsp3) is 0. The number of anilines is 1. The molecule has 0 atom stereocenters. The second kappa shape index (κ2) is 7.19. The standard InChI is InChI=1S/C14H11ClN4O3/c15-11-4-2-5-12(8-11)17-14(20)18-16-9-10-3-1-6-13(7-10)19(21)22/h1-9H,(H2,17,18,20)/b16-9-. The van der Waals surface area contributed by atoms with E-state index in [4.69, 9.17) is 11.6 Å². The molecule has 2 N–H and O–H groups in total. The minimum absolute atomic E-state index is 0.0488. The van der Waals surface area contributed by atoms with E-state index in [2.05, 4.69) is 15.8 Å². The molecule has 0 heterocycles. The van der Waals surface area contributed by atoms with Gasteiger partial charge in [-0.2, -0.15) is 5.10 Å². The van der Waals surface area contributed by atoms with Gasteiger partial charge in [-0.25, -0.2) is 10.2 Å². The number of non-ortho nitro benzene ring substituents is 1. The Morgan fingerprint density at radius 2 is 2.00 bits per heavy atom. The number of benzene rings is 2. The van der Waals surface area contributed by atoms with Crippen molar-refractivity contribution in [3.8, 4) is 0 Å². The first-order valence-electron chi connectivity index (χ1n) is 6.15. The molecule has 0 fully saturated rings. The Balaban J connectivity index is 1.93. The van der Waals surface area contributed by atoms with Gasteiger partial charge in [-0.1, -0.05) is 29.8 Å². The highest BCUT2D eigenvalue weighted by Crippen LogP contribution is 2.14. The van der Waals surface area contributed by atoms with Gasteiger partial charge in [0.1, 0.15) is 0 Å². The smallest absolute Gasteiger partial charge is 0.306 e. The number of urea groups is 1. The van der Waals surface area contributed by atoms with Crippen LogP contribution >= 0.6 is 11.6 Å². The first-order valence-corrected chi connectivity index (χ1v) is 6.52. The van der Waals surface area contributed by atoms with Crippen molar-refractivity contribution >= 4 is 35.2 Å². The molecule has 7 nitrogen and oxygen atoms in total. The molecule has 0 aliphatic heterocycles. The number of nitrogens with one attached hydrogen (secondary N) is 2. The highest BCUT2D eigenvalue weighted by molar-refractivity contribution is 6.30. The van der Waals surface area contributed by atoms with Crippen LogP contribution in [0.5, 0.6) is 0 Å². The van der Waals surface area contributed by atoms with Crippen LogP contribution in [0.4, 0.5) is 16.2 Å². The molecular weight excluding hydrogens is 308 g/mol. The number of halogens is 1. The molecule has 2 amide bonds. The summed E-state index contributed by atoms with van der Waals surface area (Å²) in [6.07, 6.45) is 1.31. The molecule has 112 valence electrons. The summed E-state index contributed by atoms with van der Waals surface area (Å²) in [5.74, 6) is 0. The van der Waals surface area contributed by atoms with Crippen molar-refractivity contribution < 1.29 is 9.72 Å². The van der Waals surface area contributed by atoms with Crippen LogP contribution in [-0.4, -0.2) is 17.2 Å². The zero-order chi connectivity index (χ0) is 15.9. The van der Waals surface area contributed by atoms with Crippen LogP contribution in [0.2, 0.25) is 5.02 Å². The van der Waals surface area contributed by atoms with Gasteiger partial charge in [0.15, 0.2) is 0 Å². The summed E-state index contributed by atoms with van der Waals surface area (Å²) in [5, 5.41) is 17.4. The van der Waals surface area contributed by atoms with Crippen molar-refractivity contribution in [2.75, 3.05) is 5.32 Å². The Morgan fingerprint density at radius 1 is 1.23 bits per heavy atom. The Bertz CT molecular complexity index is 734. The summed E-state index contributed by atoms with van der Waals surface area (Å²) in [4.78, 5) is 21.7. The molecule has 22 heavy (non-hydrogen) atoms. The lowest BCUT2D eigenvalue weighted by Gasteiger charge is -2.04. The van der Waals surface area contributed by atoms with Gasteiger partial charge >= 0.3 is 6.03 Å². The van der Waals surface area contributed by atoms with E-state index in [1.54, 1.807) is 30.3 Å². The van der Waals surface area contributed by atoms with Crippen LogP contribution < -0.4 is 10.7 Å². The monoisotopic (exact) mass is 318 g/mol. The van der Waals surface area contributed by atoms with Crippen molar-refractivity contribution in [2.24, 2.45) is 5.10 Å². The molecule has 0 spiro atoms. The highest BCUT2D eigenvalue weighted by Gasteiger charge is 2.04. The third kappa shape index (κ3) is 4.57. The van der Waals surface area contributed by atoms with E-state index in [1.807, 2.05) is 0 Å². The predicted octanol–water partition coefficient (Wildman–Crippen LogP) is 3.40. The molecule has 2 rings (SSSR count). The van der Waals surface area contributed by atoms with Crippen LogP contribution in [0.1, 0.15) is 5.56 Å². The number of rotatable bonds is 4. The van der Waals surface area contributed by atoms with Gasteiger partial charge in [0.2, 0.25) is 0 Å². The SMILES string of the molecule is O=C(N/N=C\c1cccc([N+](=O)[O-])c1)Nc1cccc(Cl)c1. The Hall–Kier alpha value is -2.93. The van der Waals surface area contributed by atoms with E-state index >= 15 is 0 Å². The third-order valence-corrected chi connectivity index (χ3v) is 2.78. The van der Waals surface area contributed by atoms with Crippen molar-refractivity contribution in [3.05, 3.63) is 69.2 Å². The fourth-order valence-corrected chi connectivity index (χ4v) is 1.80. The zero-order valence-electron chi connectivity index (χ0n) is 11.2. The van der Waals surface area contributed by atoms with E-state index in [0.717, 1.165) is 0 Å². The maximum absolute atomic E-state index is 11.6. The van der Waals surface area contributed by atoms with Gasteiger partial charge in [0.25, 0.3) is 5.69 Å². The molecule has 2 aromatic rings. The van der Waals surface area contributed by atoms with Gasteiger partial charge in [-0.05, 0) is 18.2 Å². The minimum Gasteiger partial charge on any atom is -0.306 e. The first-order chi connectivity index (χ1) is 10.5. The number of nitro groups is 1. The van der Waals surface area contributed by atoms with E-state index in [9.17, 15) is 14.9 Å². The zero-order valence-corrected chi connectivity index (χ0v) is 11.9. The molecule has 0 bridgehead atoms. The Morgan fingerprint density at radius 3 is 2.73 bits per heavy atom. The van der Waals surface area contributed by atoms with Crippen LogP contribution in [0, 0.1) is 10.1 Å². The van der Waals surface area contributed by atoms with Crippen LogP contribution in [-0.2, 0) is 0 Å². The topological polar surface area (TPSA) is 96.6 Å². The molecule has 0 aliphatic rings. The predicted molar refractivity (Wildman–Crippen MR) is 84.3 cm³/mol. The van der Waals surface area contributed by atoms with Crippen molar-refractivity contribution in [3.63, 3.8) is 0 Å². The third-order valence-electron chi connectivity index (χ3n) is 2.54. The van der Waals surface area contributed by atoms with Crippen LogP contribution in [0.15, 0.2) is 53.6 Å². The number of hydrazone groups is 1. The second-order valence-electron chi connectivity index (χ2n) is 4.19. The Kier molecular flexibility index (Phi) is 5.05. The largest absolute Gasteiger partial charge is 0.339 e. The van der Waals surface area contributed by atoms with Crippen molar-refractivity contribution in [2.45, 2.75) is 0 Å². The number of nitrogens with zero attached hydrogens (tertiary/aromatic N) is 2. The summed E-state index contributed by atoms with van der Waals surface area (Å²) < 4.78 is 0. The lowest BCUT2D eigenvalue weighted by Crippen LogP contribution is -2.24. The number of hydrogen-bond donors (Lipinski definition) is 2. The summed E-state index contributed by atoms with van der Waals surface area (Å²) in [7, 11) is 0. The van der Waals surface area contributed by atoms with Gasteiger partial charge in [0, 0.05) is 28.4 Å². The maximum Gasteiger partial charge on any atom is 0.339 e. The molecule has 0 saturated carbocycles. The second-order valence-corrected chi connectivity index (χ2v) is 4.62.